The number of aliphatic hydroxyl groups excluding tert-OH is 1. The highest BCUT2D eigenvalue weighted by atomic mass is 127. The van der Waals surface area contributed by atoms with Crippen LogP contribution in [0.4, 0.5) is 0 Å². The van der Waals surface area contributed by atoms with Crippen molar-refractivity contribution in [3.63, 3.8) is 0 Å². The highest BCUT2D eigenvalue weighted by molar-refractivity contribution is 14.1. The zero-order valence-electron chi connectivity index (χ0n) is 5.71. The zero-order chi connectivity index (χ0) is 7.56. The van der Waals surface area contributed by atoms with Crippen LogP contribution in [0.3, 0.4) is 0 Å². The molecule has 0 amide bonds. The molecule has 54 valence electrons. The molecule has 0 aromatic heterocycles. The Kier molecular flexibility index (Phi) is 2.68. The van der Waals surface area contributed by atoms with Gasteiger partial charge in [0.15, 0.2) is 0 Å². The molecule has 0 aliphatic rings. The normalized spacial score (nSPS) is 13.1. The van der Waals surface area contributed by atoms with Crippen LogP contribution in [0.15, 0.2) is 24.3 Å². The van der Waals surface area contributed by atoms with Crippen molar-refractivity contribution >= 4 is 22.6 Å². The Hall–Kier alpha value is -0.0900. The maximum atomic E-state index is 9.11. The third kappa shape index (κ3) is 1.95. The van der Waals surface area contributed by atoms with Gasteiger partial charge in [-0.15, -0.1) is 0 Å². The van der Waals surface area contributed by atoms with Gasteiger partial charge >= 0.3 is 0 Å². The van der Waals surface area contributed by atoms with E-state index in [1.807, 2.05) is 24.3 Å². The highest BCUT2D eigenvalue weighted by Gasteiger charge is 1.97. The van der Waals surface area contributed by atoms with E-state index in [0.717, 1.165) is 5.56 Å². The average Bonchev–Trinajstić information content (AvgIpc) is 1.88. The zero-order valence-corrected chi connectivity index (χ0v) is 7.87. The summed E-state index contributed by atoms with van der Waals surface area (Å²) >= 11 is 2.24. The van der Waals surface area contributed by atoms with Crippen molar-refractivity contribution in [3.8, 4) is 0 Å². The van der Waals surface area contributed by atoms with Crippen molar-refractivity contribution in [2.45, 2.75) is 13.0 Å². The molecule has 1 aromatic rings. The van der Waals surface area contributed by atoms with E-state index >= 15 is 0 Å². The summed E-state index contributed by atoms with van der Waals surface area (Å²) in [4.78, 5) is 0. The molecule has 1 nitrogen and oxygen atoms in total. The number of aliphatic hydroxyl groups is 1. The maximum Gasteiger partial charge on any atom is 0.0761 e. The van der Waals surface area contributed by atoms with Crippen LogP contribution >= 0.6 is 22.6 Å². The third-order valence-corrected chi connectivity index (χ3v) is 2.07. The standard InChI is InChI=1S/C8H9IO/c1-6(10)7-2-4-8(9)5-3-7/h2-6,10H,1H3/t6-/m1/s1. The fraction of sp³-hybridized carbons (Fsp3) is 0.250. The third-order valence-electron chi connectivity index (χ3n) is 1.35. The Labute approximate surface area is 74.2 Å². The molecule has 1 N–H and O–H groups in total. The summed E-state index contributed by atoms with van der Waals surface area (Å²) in [6.45, 7) is 1.77. The van der Waals surface area contributed by atoms with Crippen LogP contribution in [-0.2, 0) is 0 Å². The first-order valence-corrected chi connectivity index (χ1v) is 4.21. The van der Waals surface area contributed by atoms with E-state index in [0.29, 0.717) is 0 Å². The second-order valence-electron chi connectivity index (χ2n) is 2.23. The van der Waals surface area contributed by atoms with Gasteiger partial charge in [-0.3, -0.25) is 0 Å². The highest BCUT2D eigenvalue weighted by Crippen LogP contribution is 2.13. The van der Waals surface area contributed by atoms with Crippen molar-refractivity contribution in [3.05, 3.63) is 33.4 Å². The first kappa shape index (κ1) is 8.01. The van der Waals surface area contributed by atoms with Gasteiger partial charge in [-0.2, -0.15) is 0 Å². The topological polar surface area (TPSA) is 20.2 Å². The molecule has 0 saturated carbocycles. The largest absolute Gasteiger partial charge is 0.389 e. The Morgan fingerprint density at radius 3 is 2.20 bits per heavy atom. The van der Waals surface area contributed by atoms with Crippen LogP contribution < -0.4 is 0 Å². The Bertz CT molecular complexity index is 203. The summed E-state index contributed by atoms with van der Waals surface area (Å²) in [7, 11) is 0. The van der Waals surface area contributed by atoms with Crippen LogP contribution in [-0.4, -0.2) is 5.11 Å². The molecule has 0 bridgehead atoms. The van der Waals surface area contributed by atoms with Crippen molar-refractivity contribution in [1.29, 1.82) is 0 Å². The molecule has 0 aliphatic heterocycles. The van der Waals surface area contributed by atoms with Gasteiger partial charge in [-0.1, -0.05) is 12.1 Å². The van der Waals surface area contributed by atoms with Crippen LogP contribution in [0.5, 0.6) is 0 Å². The van der Waals surface area contributed by atoms with Gasteiger partial charge in [0.2, 0.25) is 0 Å². The summed E-state index contributed by atoms with van der Waals surface area (Å²) in [5.41, 5.74) is 0.973. The number of hydrogen-bond acceptors (Lipinski definition) is 1. The average molecular weight is 248 g/mol. The van der Waals surface area contributed by atoms with Gasteiger partial charge in [0.1, 0.15) is 0 Å². The number of benzene rings is 1. The van der Waals surface area contributed by atoms with E-state index in [-0.39, 0.29) is 6.10 Å². The summed E-state index contributed by atoms with van der Waals surface area (Å²) in [6, 6.07) is 7.85. The molecule has 0 radical (unpaired) electrons. The van der Waals surface area contributed by atoms with Gasteiger partial charge in [0.25, 0.3) is 0 Å². The fourth-order valence-electron chi connectivity index (χ4n) is 0.741. The molecule has 2 heteroatoms. The van der Waals surface area contributed by atoms with E-state index in [1.165, 1.54) is 3.57 Å². The number of rotatable bonds is 1. The summed E-state index contributed by atoms with van der Waals surface area (Å²) < 4.78 is 1.20. The maximum absolute atomic E-state index is 9.11. The predicted molar refractivity (Wildman–Crippen MR) is 49.8 cm³/mol. The van der Waals surface area contributed by atoms with Crippen molar-refractivity contribution in [1.82, 2.24) is 0 Å². The second kappa shape index (κ2) is 3.34. The first-order valence-electron chi connectivity index (χ1n) is 3.13. The molecule has 0 heterocycles. The fourth-order valence-corrected chi connectivity index (χ4v) is 1.10. The van der Waals surface area contributed by atoms with E-state index in [4.69, 9.17) is 5.11 Å². The molecule has 0 unspecified atom stereocenters. The smallest absolute Gasteiger partial charge is 0.0761 e. The van der Waals surface area contributed by atoms with E-state index in [1.54, 1.807) is 6.92 Å². The Morgan fingerprint density at radius 1 is 1.30 bits per heavy atom. The van der Waals surface area contributed by atoms with Crippen molar-refractivity contribution in [2.75, 3.05) is 0 Å². The molecular formula is C8H9IO. The second-order valence-corrected chi connectivity index (χ2v) is 3.47. The molecule has 0 fully saturated rings. The van der Waals surface area contributed by atoms with Crippen LogP contribution in [0.25, 0.3) is 0 Å². The minimum Gasteiger partial charge on any atom is -0.389 e. The number of hydrogen-bond donors (Lipinski definition) is 1. The van der Waals surface area contributed by atoms with Crippen molar-refractivity contribution in [2.24, 2.45) is 0 Å². The molecule has 10 heavy (non-hydrogen) atoms. The molecule has 0 spiro atoms. The number of halogens is 1. The van der Waals surface area contributed by atoms with Crippen LogP contribution in [0.2, 0.25) is 0 Å². The van der Waals surface area contributed by atoms with Gasteiger partial charge in [0, 0.05) is 3.57 Å². The van der Waals surface area contributed by atoms with E-state index < -0.39 is 0 Å². The van der Waals surface area contributed by atoms with Gasteiger partial charge in [-0.05, 0) is 47.2 Å². The molecule has 0 aliphatic carbocycles. The minimum atomic E-state index is -0.350. The monoisotopic (exact) mass is 248 g/mol. The Morgan fingerprint density at radius 2 is 1.80 bits per heavy atom. The Balaban J connectivity index is 2.89. The van der Waals surface area contributed by atoms with Gasteiger partial charge < -0.3 is 5.11 Å². The summed E-state index contributed by atoms with van der Waals surface area (Å²) in [5.74, 6) is 0. The quantitative estimate of drug-likeness (QED) is 0.756. The lowest BCUT2D eigenvalue weighted by atomic mass is 10.1. The first-order chi connectivity index (χ1) is 4.70. The van der Waals surface area contributed by atoms with E-state index in [2.05, 4.69) is 22.6 Å². The minimum absolute atomic E-state index is 0.350. The SMILES string of the molecule is C[C@@H](O)c1ccc(I)cc1. The van der Waals surface area contributed by atoms with Gasteiger partial charge in [-0.25, -0.2) is 0 Å². The van der Waals surface area contributed by atoms with Crippen LogP contribution in [0.1, 0.15) is 18.6 Å². The van der Waals surface area contributed by atoms with Gasteiger partial charge in [0.05, 0.1) is 6.10 Å². The molecule has 1 atom stereocenters. The summed E-state index contributed by atoms with van der Waals surface area (Å²) in [6.07, 6.45) is -0.350. The predicted octanol–water partition coefficient (Wildman–Crippen LogP) is 2.34. The molecule has 1 rings (SSSR count). The molecular weight excluding hydrogens is 239 g/mol. The van der Waals surface area contributed by atoms with E-state index in [9.17, 15) is 0 Å². The molecule has 0 saturated heterocycles. The molecule has 1 aromatic carbocycles. The summed E-state index contributed by atoms with van der Waals surface area (Å²) in [5, 5.41) is 9.11. The lowest BCUT2D eigenvalue weighted by molar-refractivity contribution is 0.199. The lowest BCUT2D eigenvalue weighted by Gasteiger charge is -2.02. The van der Waals surface area contributed by atoms with Crippen molar-refractivity contribution < 1.29 is 5.11 Å². The lowest BCUT2D eigenvalue weighted by Crippen LogP contribution is -1.89. The van der Waals surface area contributed by atoms with Crippen LogP contribution in [0, 0.1) is 3.57 Å².